The van der Waals surface area contributed by atoms with E-state index >= 15 is 0 Å². The van der Waals surface area contributed by atoms with Gasteiger partial charge in [0.15, 0.2) is 0 Å². The third-order valence-corrected chi connectivity index (χ3v) is 2.90. The molecule has 1 nitrogen and oxygen atoms in total. The highest BCUT2D eigenvalue weighted by atomic mass is 19.4. The van der Waals surface area contributed by atoms with Crippen LogP contribution in [0.15, 0.2) is 12.7 Å². The van der Waals surface area contributed by atoms with Crippen LogP contribution in [0.5, 0.6) is 0 Å². The topological polar surface area (TPSA) is 20.2 Å². The maximum absolute atomic E-state index is 12.3. The Bertz CT molecular complexity index is 202. The molecule has 0 spiro atoms. The maximum atomic E-state index is 12.3. The van der Waals surface area contributed by atoms with E-state index in [-0.39, 0.29) is 25.7 Å². The number of alkyl halides is 3. The van der Waals surface area contributed by atoms with E-state index in [4.69, 9.17) is 0 Å². The van der Waals surface area contributed by atoms with E-state index in [0.717, 1.165) is 0 Å². The van der Waals surface area contributed by atoms with Gasteiger partial charge in [0, 0.05) is 0 Å². The minimum Gasteiger partial charge on any atom is -0.390 e. The van der Waals surface area contributed by atoms with Crippen molar-refractivity contribution in [2.75, 3.05) is 0 Å². The van der Waals surface area contributed by atoms with Gasteiger partial charge in [-0.2, -0.15) is 13.2 Å². The SMILES string of the molecule is C=CCC1(O)CCC(C(F)(F)F)CC1. The molecule has 0 heterocycles. The van der Waals surface area contributed by atoms with E-state index in [1.807, 2.05) is 0 Å². The van der Waals surface area contributed by atoms with Gasteiger partial charge in [-0.05, 0) is 32.1 Å². The van der Waals surface area contributed by atoms with Gasteiger partial charge < -0.3 is 5.11 Å². The summed E-state index contributed by atoms with van der Waals surface area (Å²) < 4.78 is 36.8. The lowest BCUT2D eigenvalue weighted by Gasteiger charge is -2.36. The zero-order valence-corrected chi connectivity index (χ0v) is 7.98. The van der Waals surface area contributed by atoms with Gasteiger partial charge in [-0.15, -0.1) is 6.58 Å². The summed E-state index contributed by atoms with van der Waals surface area (Å²) in [6.45, 7) is 3.49. The second-order valence-corrected chi connectivity index (χ2v) is 4.03. The van der Waals surface area contributed by atoms with Crippen molar-refractivity contribution in [3.05, 3.63) is 12.7 Å². The second kappa shape index (κ2) is 3.93. The second-order valence-electron chi connectivity index (χ2n) is 4.03. The average molecular weight is 208 g/mol. The van der Waals surface area contributed by atoms with Gasteiger partial charge in [-0.25, -0.2) is 0 Å². The highest BCUT2D eigenvalue weighted by Crippen LogP contribution is 2.42. The lowest BCUT2D eigenvalue weighted by molar-refractivity contribution is -0.192. The predicted molar refractivity (Wildman–Crippen MR) is 47.8 cm³/mol. The quantitative estimate of drug-likeness (QED) is 0.691. The summed E-state index contributed by atoms with van der Waals surface area (Å²) in [7, 11) is 0. The van der Waals surface area contributed by atoms with Crippen molar-refractivity contribution in [2.45, 2.75) is 43.9 Å². The Hall–Kier alpha value is -0.510. The van der Waals surface area contributed by atoms with E-state index in [2.05, 4.69) is 6.58 Å². The molecule has 82 valence electrons. The first-order valence-electron chi connectivity index (χ1n) is 4.77. The fraction of sp³-hybridized carbons (Fsp3) is 0.800. The molecule has 14 heavy (non-hydrogen) atoms. The first-order valence-corrected chi connectivity index (χ1v) is 4.77. The van der Waals surface area contributed by atoms with E-state index in [1.165, 1.54) is 0 Å². The first kappa shape index (κ1) is 11.6. The fourth-order valence-electron chi connectivity index (χ4n) is 1.96. The Balaban J connectivity index is 2.49. The molecule has 0 bridgehead atoms. The van der Waals surface area contributed by atoms with Gasteiger partial charge >= 0.3 is 6.18 Å². The zero-order valence-electron chi connectivity index (χ0n) is 7.98. The summed E-state index contributed by atoms with van der Waals surface area (Å²) in [4.78, 5) is 0. The third-order valence-electron chi connectivity index (χ3n) is 2.90. The highest BCUT2D eigenvalue weighted by Gasteiger charge is 2.44. The average Bonchev–Trinajstić information content (AvgIpc) is 2.03. The van der Waals surface area contributed by atoms with Crippen LogP contribution in [-0.4, -0.2) is 16.9 Å². The Labute approximate surface area is 81.6 Å². The summed E-state index contributed by atoms with van der Waals surface area (Å²) in [6.07, 6.45) is -1.63. The lowest BCUT2D eigenvalue weighted by Crippen LogP contribution is -2.37. The van der Waals surface area contributed by atoms with Crippen molar-refractivity contribution >= 4 is 0 Å². The van der Waals surface area contributed by atoms with E-state index < -0.39 is 17.7 Å². The molecule has 0 aliphatic heterocycles. The molecule has 0 saturated heterocycles. The van der Waals surface area contributed by atoms with E-state index in [9.17, 15) is 18.3 Å². The fourth-order valence-corrected chi connectivity index (χ4v) is 1.96. The van der Waals surface area contributed by atoms with Crippen LogP contribution in [0.4, 0.5) is 13.2 Å². The van der Waals surface area contributed by atoms with Crippen molar-refractivity contribution < 1.29 is 18.3 Å². The summed E-state index contributed by atoms with van der Waals surface area (Å²) >= 11 is 0. The van der Waals surface area contributed by atoms with Crippen molar-refractivity contribution in [1.82, 2.24) is 0 Å². The molecule has 1 N–H and O–H groups in total. The minimum atomic E-state index is -4.10. The first-order chi connectivity index (χ1) is 6.37. The Morgan fingerprint density at radius 2 is 1.86 bits per heavy atom. The number of halogens is 3. The van der Waals surface area contributed by atoms with Crippen LogP contribution in [0.2, 0.25) is 0 Å². The van der Waals surface area contributed by atoms with Crippen LogP contribution in [0, 0.1) is 5.92 Å². The minimum absolute atomic E-state index is 0.0356. The lowest BCUT2D eigenvalue weighted by atomic mass is 9.77. The monoisotopic (exact) mass is 208 g/mol. The van der Waals surface area contributed by atoms with Crippen molar-refractivity contribution in [1.29, 1.82) is 0 Å². The molecule has 1 aliphatic carbocycles. The molecule has 4 heteroatoms. The summed E-state index contributed by atoms with van der Waals surface area (Å²) in [5.41, 5.74) is -0.941. The Morgan fingerprint density at radius 3 is 2.21 bits per heavy atom. The molecule has 0 amide bonds. The van der Waals surface area contributed by atoms with Crippen molar-refractivity contribution in [3.8, 4) is 0 Å². The maximum Gasteiger partial charge on any atom is 0.391 e. The smallest absolute Gasteiger partial charge is 0.390 e. The molecule has 1 fully saturated rings. The van der Waals surface area contributed by atoms with Crippen molar-refractivity contribution in [2.24, 2.45) is 5.92 Å². The molecule has 0 unspecified atom stereocenters. The molecule has 1 aliphatic rings. The van der Waals surface area contributed by atoms with Crippen LogP contribution in [-0.2, 0) is 0 Å². The molecule has 1 saturated carbocycles. The van der Waals surface area contributed by atoms with Crippen LogP contribution >= 0.6 is 0 Å². The van der Waals surface area contributed by atoms with Crippen LogP contribution in [0.3, 0.4) is 0 Å². The van der Waals surface area contributed by atoms with Crippen LogP contribution < -0.4 is 0 Å². The summed E-state index contributed by atoms with van der Waals surface area (Å²) in [5.74, 6) is -1.23. The molecule has 0 atom stereocenters. The van der Waals surface area contributed by atoms with Gasteiger partial charge in [-0.3, -0.25) is 0 Å². The normalized spacial score (nSPS) is 34.1. The largest absolute Gasteiger partial charge is 0.391 e. The molecule has 0 radical (unpaired) electrons. The van der Waals surface area contributed by atoms with Gasteiger partial charge in [0.25, 0.3) is 0 Å². The molecule has 0 aromatic rings. The number of hydrogen-bond donors (Lipinski definition) is 1. The molecular weight excluding hydrogens is 193 g/mol. The van der Waals surface area contributed by atoms with Gasteiger partial charge in [0.2, 0.25) is 0 Å². The van der Waals surface area contributed by atoms with E-state index in [0.29, 0.717) is 6.42 Å². The number of rotatable bonds is 2. The predicted octanol–water partition coefficient (Wildman–Crippen LogP) is 3.05. The molecular formula is C10H15F3O. The zero-order chi connectivity index (χ0) is 10.8. The van der Waals surface area contributed by atoms with Gasteiger partial charge in [-0.1, -0.05) is 6.08 Å². The van der Waals surface area contributed by atoms with Crippen LogP contribution in [0.1, 0.15) is 32.1 Å². The molecule has 0 aromatic heterocycles. The van der Waals surface area contributed by atoms with Gasteiger partial charge in [0.05, 0.1) is 11.5 Å². The summed E-state index contributed by atoms with van der Waals surface area (Å²) in [6, 6.07) is 0. The Morgan fingerprint density at radius 1 is 1.36 bits per heavy atom. The third kappa shape index (κ3) is 2.74. The Kier molecular flexibility index (Phi) is 3.24. The molecule has 0 aromatic carbocycles. The van der Waals surface area contributed by atoms with Crippen LogP contribution in [0.25, 0.3) is 0 Å². The standard InChI is InChI=1S/C10H15F3O/c1-2-5-9(14)6-3-8(4-7-9)10(11,12)13/h2,8,14H,1,3-7H2. The van der Waals surface area contributed by atoms with Crippen molar-refractivity contribution in [3.63, 3.8) is 0 Å². The molecule has 1 rings (SSSR count). The number of hydrogen-bond acceptors (Lipinski definition) is 1. The van der Waals surface area contributed by atoms with Gasteiger partial charge in [0.1, 0.15) is 0 Å². The van der Waals surface area contributed by atoms with E-state index in [1.54, 1.807) is 6.08 Å². The highest BCUT2D eigenvalue weighted by molar-refractivity contribution is 4.92. The summed E-state index contributed by atoms with van der Waals surface area (Å²) in [5, 5.41) is 9.82. The number of aliphatic hydroxyl groups is 1.